The Morgan fingerprint density at radius 1 is 1.50 bits per heavy atom. The van der Waals surface area contributed by atoms with E-state index < -0.39 is 0 Å². The summed E-state index contributed by atoms with van der Waals surface area (Å²) in [5, 5.41) is 3.40. The van der Waals surface area contributed by atoms with Gasteiger partial charge in [-0.1, -0.05) is 13.8 Å². The van der Waals surface area contributed by atoms with Crippen molar-refractivity contribution >= 4 is 0 Å². The van der Waals surface area contributed by atoms with Crippen molar-refractivity contribution < 1.29 is 0 Å². The molecule has 0 saturated carbocycles. The van der Waals surface area contributed by atoms with Gasteiger partial charge in [0.1, 0.15) is 5.82 Å². The van der Waals surface area contributed by atoms with Gasteiger partial charge in [0, 0.05) is 18.4 Å². The molecule has 0 bridgehead atoms. The molecule has 1 rings (SSSR count). The number of nitrogens with one attached hydrogen (secondary N) is 2. The first kappa shape index (κ1) is 11.2. The fraction of sp³-hybridized carbons (Fsp3) is 0.727. The van der Waals surface area contributed by atoms with E-state index in [1.54, 1.807) is 0 Å². The van der Waals surface area contributed by atoms with E-state index in [1.807, 2.05) is 13.1 Å². The van der Waals surface area contributed by atoms with Gasteiger partial charge in [-0.15, -0.1) is 0 Å². The third kappa shape index (κ3) is 4.42. The quantitative estimate of drug-likeness (QED) is 0.683. The molecule has 0 unspecified atom stereocenters. The van der Waals surface area contributed by atoms with Gasteiger partial charge < -0.3 is 10.3 Å². The van der Waals surface area contributed by atoms with Gasteiger partial charge in [0.2, 0.25) is 0 Å². The molecule has 3 nitrogen and oxygen atoms in total. The highest BCUT2D eigenvalue weighted by molar-refractivity contribution is 4.98. The van der Waals surface area contributed by atoms with Crippen molar-refractivity contribution in [2.24, 2.45) is 5.92 Å². The molecule has 0 fully saturated rings. The molecule has 2 N–H and O–H groups in total. The molecule has 80 valence electrons. The largest absolute Gasteiger partial charge is 0.345 e. The van der Waals surface area contributed by atoms with E-state index in [9.17, 15) is 0 Å². The normalized spacial score (nSPS) is 11.1. The molecule has 1 aromatic heterocycles. The molecule has 0 aromatic carbocycles. The van der Waals surface area contributed by atoms with Gasteiger partial charge in [-0.05, 0) is 32.2 Å². The predicted octanol–water partition coefficient (Wildman–Crippen LogP) is 2.24. The minimum Gasteiger partial charge on any atom is -0.345 e. The summed E-state index contributed by atoms with van der Waals surface area (Å²) in [6.45, 7) is 8.49. The lowest BCUT2D eigenvalue weighted by atomic mass is 10.1. The summed E-state index contributed by atoms with van der Waals surface area (Å²) in [6, 6.07) is 0. The van der Waals surface area contributed by atoms with Crippen molar-refractivity contribution in [2.75, 3.05) is 6.54 Å². The van der Waals surface area contributed by atoms with Gasteiger partial charge >= 0.3 is 0 Å². The topological polar surface area (TPSA) is 40.7 Å². The van der Waals surface area contributed by atoms with Crippen molar-refractivity contribution in [1.29, 1.82) is 0 Å². The number of nitrogens with zero attached hydrogens (tertiary/aromatic N) is 1. The summed E-state index contributed by atoms with van der Waals surface area (Å²) >= 11 is 0. The lowest BCUT2D eigenvalue weighted by Crippen LogP contribution is -2.15. The van der Waals surface area contributed by atoms with Gasteiger partial charge in [0.25, 0.3) is 0 Å². The molecule has 0 aliphatic carbocycles. The minimum atomic E-state index is 0.811. The number of aromatic amines is 1. The second kappa shape index (κ2) is 5.81. The van der Waals surface area contributed by atoms with Crippen LogP contribution in [0, 0.1) is 12.8 Å². The Labute approximate surface area is 86.3 Å². The molecule has 0 aliphatic rings. The van der Waals surface area contributed by atoms with Crippen LogP contribution in [-0.2, 0) is 6.54 Å². The zero-order valence-electron chi connectivity index (χ0n) is 9.43. The highest BCUT2D eigenvalue weighted by Gasteiger charge is 1.96. The third-order valence-corrected chi connectivity index (χ3v) is 2.21. The van der Waals surface area contributed by atoms with Crippen molar-refractivity contribution in [3.63, 3.8) is 0 Å². The van der Waals surface area contributed by atoms with Gasteiger partial charge in [-0.2, -0.15) is 0 Å². The fourth-order valence-electron chi connectivity index (χ4n) is 1.42. The summed E-state index contributed by atoms with van der Waals surface area (Å²) in [7, 11) is 0. The van der Waals surface area contributed by atoms with E-state index in [2.05, 4.69) is 29.1 Å². The first-order valence-corrected chi connectivity index (χ1v) is 5.39. The maximum Gasteiger partial charge on any atom is 0.103 e. The van der Waals surface area contributed by atoms with Crippen LogP contribution in [-0.4, -0.2) is 16.5 Å². The van der Waals surface area contributed by atoms with Crippen LogP contribution in [0.5, 0.6) is 0 Å². The molecular weight excluding hydrogens is 174 g/mol. The monoisotopic (exact) mass is 195 g/mol. The molecule has 0 spiro atoms. The Morgan fingerprint density at radius 2 is 2.29 bits per heavy atom. The number of aryl methyl sites for hydroxylation is 1. The molecule has 0 radical (unpaired) electrons. The lowest BCUT2D eigenvalue weighted by Gasteiger charge is -2.05. The van der Waals surface area contributed by atoms with Crippen molar-refractivity contribution in [1.82, 2.24) is 15.3 Å². The molecule has 14 heavy (non-hydrogen) atoms. The first-order chi connectivity index (χ1) is 6.68. The average molecular weight is 195 g/mol. The van der Waals surface area contributed by atoms with Crippen LogP contribution < -0.4 is 5.32 Å². The molecule has 1 heterocycles. The number of rotatable bonds is 6. The average Bonchev–Trinajstić information content (AvgIpc) is 2.50. The molecule has 3 heteroatoms. The predicted molar refractivity (Wildman–Crippen MR) is 59.1 cm³/mol. The Kier molecular flexibility index (Phi) is 4.66. The summed E-state index contributed by atoms with van der Waals surface area (Å²) in [5.74, 6) is 1.80. The fourth-order valence-corrected chi connectivity index (χ4v) is 1.42. The Bertz CT molecular complexity index is 253. The minimum absolute atomic E-state index is 0.811. The molecule has 0 aliphatic heterocycles. The maximum atomic E-state index is 4.15. The summed E-state index contributed by atoms with van der Waals surface area (Å²) in [6.07, 6.45) is 4.45. The van der Waals surface area contributed by atoms with Crippen LogP contribution in [0.3, 0.4) is 0 Å². The van der Waals surface area contributed by atoms with E-state index in [4.69, 9.17) is 0 Å². The van der Waals surface area contributed by atoms with E-state index in [0.29, 0.717) is 0 Å². The summed E-state index contributed by atoms with van der Waals surface area (Å²) in [5.41, 5.74) is 1.17. The molecule has 1 aromatic rings. The second-order valence-corrected chi connectivity index (χ2v) is 4.21. The second-order valence-electron chi connectivity index (χ2n) is 4.21. The highest BCUT2D eigenvalue weighted by Crippen LogP contribution is 2.02. The van der Waals surface area contributed by atoms with Gasteiger partial charge in [-0.3, -0.25) is 0 Å². The number of imidazole rings is 1. The van der Waals surface area contributed by atoms with Crippen molar-refractivity contribution in [3.05, 3.63) is 17.7 Å². The Balaban J connectivity index is 2.04. The van der Waals surface area contributed by atoms with E-state index in [-0.39, 0.29) is 0 Å². The van der Waals surface area contributed by atoms with Crippen LogP contribution in [0.1, 0.15) is 38.2 Å². The molecule has 0 saturated heterocycles. The zero-order valence-corrected chi connectivity index (χ0v) is 9.43. The van der Waals surface area contributed by atoms with Gasteiger partial charge in [-0.25, -0.2) is 4.98 Å². The lowest BCUT2D eigenvalue weighted by molar-refractivity contribution is 0.526. The number of hydrogen-bond acceptors (Lipinski definition) is 2. The standard InChI is InChI=1S/C11H21N3/c1-9(2)5-4-6-12-7-11-8-13-10(3)14-11/h8-9,12H,4-7H2,1-3H3,(H,13,14). The Hall–Kier alpha value is -0.830. The van der Waals surface area contributed by atoms with Crippen molar-refractivity contribution in [2.45, 2.75) is 40.2 Å². The SMILES string of the molecule is Cc1ncc(CNCCCC(C)C)[nH]1. The van der Waals surface area contributed by atoms with Crippen LogP contribution in [0.25, 0.3) is 0 Å². The molecular formula is C11H21N3. The van der Waals surface area contributed by atoms with Gasteiger partial charge in [0.05, 0.1) is 0 Å². The van der Waals surface area contributed by atoms with Crippen LogP contribution in [0.15, 0.2) is 6.20 Å². The smallest absolute Gasteiger partial charge is 0.103 e. The molecule has 0 amide bonds. The van der Waals surface area contributed by atoms with Crippen LogP contribution >= 0.6 is 0 Å². The van der Waals surface area contributed by atoms with Gasteiger partial charge in [0.15, 0.2) is 0 Å². The van der Waals surface area contributed by atoms with Crippen LogP contribution in [0.4, 0.5) is 0 Å². The maximum absolute atomic E-state index is 4.15. The van der Waals surface area contributed by atoms with E-state index in [0.717, 1.165) is 24.8 Å². The summed E-state index contributed by atoms with van der Waals surface area (Å²) in [4.78, 5) is 7.35. The number of hydrogen-bond donors (Lipinski definition) is 2. The zero-order chi connectivity index (χ0) is 10.4. The Morgan fingerprint density at radius 3 is 2.86 bits per heavy atom. The number of aromatic nitrogens is 2. The highest BCUT2D eigenvalue weighted by atomic mass is 14.9. The van der Waals surface area contributed by atoms with Crippen LogP contribution in [0.2, 0.25) is 0 Å². The first-order valence-electron chi connectivity index (χ1n) is 5.39. The molecule has 0 atom stereocenters. The number of H-pyrrole nitrogens is 1. The van der Waals surface area contributed by atoms with E-state index >= 15 is 0 Å². The van der Waals surface area contributed by atoms with E-state index in [1.165, 1.54) is 18.5 Å². The summed E-state index contributed by atoms with van der Waals surface area (Å²) < 4.78 is 0. The third-order valence-electron chi connectivity index (χ3n) is 2.21. The van der Waals surface area contributed by atoms with Crippen molar-refractivity contribution in [3.8, 4) is 0 Å².